The minimum Gasteiger partial charge on any atom is -0.466 e. The van der Waals surface area contributed by atoms with Gasteiger partial charge in [0, 0.05) is 17.5 Å². The van der Waals surface area contributed by atoms with Crippen molar-refractivity contribution < 1.29 is 4.42 Å². The molecular formula is C15H20BrN3O. The summed E-state index contributed by atoms with van der Waals surface area (Å²) in [7, 11) is 0. The van der Waals surface area contributed by atoms with Gasteiger partial charge in [0.05, 0.1) is 6.04 Å². The monoisotopic (exact) mass is 337 g/mol. The van der Waals surface area contributed by atoms with Gasteiger partial charge in [0.1, 0.15) is 27.8 Å². The molecule has 2 aromatic rings. The van der Waals surface area contributed by atoms with Crippen LogP contribution in [0.5, 0.6) is 0 Å². The summed E-state index contributed by atoms with van der Waals surface area (Å²) in [6, 6.07) is 4.09. The molecule has 2 heterocycles. The summed E-state index contributed by atoms with van der Waals surface area (Å²) >= 11 is 3.44. The second kappa shape index (κ2) is 5.95. The third kappa shape index (κ3) is 3.39. The molecule has 0 spiro atoms. The lowest BCUT2D eigenvalue weighted by molar-refractivity contribution is 0.499. The molecule has 0 aliphatic heterocycles. The molecule has 0 aliphatic carbocycles. The van der Waals surface area contributed by atoms with Crippen LogP contribution in [0.2, 0.25) is 0 Å². The zero-order valence-corrected chi connectivity index (χ0v) is 14.1. The summed E-state index contributed by atoms with van der Waals surface area (Å²) < 4.78 is 6.37. The maximum Gasteiger partial charge on any atom is 0.134 e. The summed E-state index contributed by atoms with van der Waals surface area (Å²) in [4.78, 5) is 8.93. The molecule has 0 radical (unpaired) electrons. The molecule has 0 amide bonds. The second-order valence-electron chi connectivity index (χ2n) is 5.32. The van der Waals surface area contributed by atoms with Crippen molar-refractivity contribution in [2.24, 2.45) is 0 Å². The number of nitrogens with one attached hydrogen (secondary N) is 1. The highest BCUT2D eigenvalue weighted by Gasteiger charge is 2.14. The summed E-state index contributed by atoms with van der Waals surface area (Å²) in [5.41, 5.74) is 1.16. The number of anilines is 1. The first-order valence-electron chi connectivity index (χ1n) is 6.74. The highest BCUT2D eigenvalue weighted by atomic mass is 79.9. The molecule has 1 atom stereocenters. The van der Waals surface area contributed by atoms with Gasteiger partial charge in [-0.1, -0.05) is 13.8 Å². The third-order valence-electron chi connectivity index (χ3n) is 3.14. The third-order valence-corrected chi connectivity index (χ3v) is 3.55. The van der Waals surface area contributed by atoms with Crippen molar-refractivity contribution in [2.75, 3.05) is 5.32 Å². The molecule has 4 nitrogen and oxygen atoms in total. The Morgan fingerprint density at radius 1 is 1.15 bits per heavy atom. The van der Waals surface area contributed by atoms with E-state index in [1.165, 1.54) is 0 Å². The molecule has 2 rings (SSSR count). The maximum absolute atomic E-state index is 5.58. The fourth-order valence-electron chi connectivity index (χ4n) is 2.15. The normalized spacial score (nSPS) is 12.8. The van der Waals surface area contributed by atoms with E-state index in [1.807, 2.05) is 19.9 Å². The van der Waals surface area contributed by atoms with Gasteiger partial charge in [0.2, 0.25) is 0 Å². The van der Waals surface area contributed by atoms with Crippen molar-refractivity contribution in [2.45, 2.75) is 46.6 Å². The van der Waals surface area contributed by atoms with E-state index in [0.717, 1.165) is 33.3 Å². The van der Waals surface area contributed by atoms with Crippen LogP contribution in [-0.4, -0.2) is 9.97 Å². The van der Waals surface area contributed by atoms with E-state index in [1.54, 1.807) is 0 Å². The summed E-state index contributed by atoms with van der Waals surface area (Å²) in [6.07, 6.45) is 0. The van der Waals surface area contributed by atoms with E-state index in [-0.39, 0.29) is 6.04 Å². The lowest BCUT2D eigenvalue weighted by Crippen LogP contribution is -2.10. The standard InChI is InChI=1S/C15H20BrN3O/c1-8(2)15-18-13(16)7-14(19-15)17-10(4)12-6-9(3)20-11(12)5/h6-8,10H,1-5H3,(H,17,18,19). The molecule has 0 saturated heterocycles. The van der Waals surface area contributed by atoms with Gasteiger partial charge in [-0.05, 0) is 42.8 Å². The topological polar surface area (TPSA) is 51.0 Å². The number of rotatable bonds is 4. The van der Waals surface area contributed by atoms with Crippen molar-refractivity contribution >= 4 is 21.7 Å². The largest absolute Gasteiger partial charge is 0.466 e. The predicted octanol–water partition coefficient (Wildman–Crippen LogP) is 4.75. The Labute approximate surface area is 128 Å². The fourth-order valence-corrected chi connectivity index (χ4v) is 2.55. The van der Waals surface area contributed by atoms with E-state index >= 15 is 0 Å². The first-order valence-corrected chi connectivity index (χ1v) is 7.54. The SMILES string of the molecule is Cc1cc(C(C)Nc2cc(Br)nc(C(C)C)n2)c(C)o1. The lowest BCUT2D eigenvalue weighted by atomic mass is 10.1. The van der Waals surface area contributed by atoms with Crippen LogP contribution in [0.4, 0.5) is 5.82 Å². The number of halogens is 1. The number of aromatic nitrogens is 2. The van der Waals surface area contributed by atoms with Gasteiger partial charge in [0.25, 0.3) is 0 Å². The number of hydrogen-bond donors (Lipinski definition) is 1. The molecule has 0 aromatic carbocycles. The average Bonchev–Trinajstić information content (AvgIpc) is 2.67. The molecule has 0 saturated carbocycles. The van der Waals surface area contributed by atoms with Crippen LogP contribution >= 0.6 is 15.9 Å². The highest BCUT2D eigenvalue weighted by Crippen LogP contribution is 2.25. The Bertz CT molecular complexity index is 607. The number of hydrogen-bond acceptors (Lipinski definition) is 4. The lowest BCUT2D eigenvalue weighted by Gasteiger charge is -2.15. The molecule has 2 aromatic heterocycles. The Morgan fingerprint density at radius 3 is 2.40 bits per heavy atom. The predicted molar refractivity (Wildman–Crippen MR) is 84.0 cm³/mol. The highest BCUT2D eigenvalue weighted by molar-refractivity contribution is 9.10. The van der Waals surface area contributed by atoms with Gasteiger partial charge in [-0.3, -0.25) is 0 Å². The first-order chi connectivity index (χ1) is 9.36. The van der Waals surface area contributed by atoms with Crippen LogP contribution in [0.3, 0.4) is 0 Å². The molecule has 0 fully saturated rings. The van der Waals surface area contributed by atoms with Gasteiger partial charge in [-0.15, -0.1) is 0 Å². The molecular weight excluding hydrogens is 318 g/mol. The number of nitrogens with zero attached hydrogens (tertiary/aromatic N) is 2. The number of furan rings is 1. The molecule has 108 valence electrons. The van der Waals surface area contributed by atoms with Gasteiger partial charge < -0.3 is 9.73 Å². The summed E-state index contributed by atoms with van der Waals surface area (Å²) in [5, 5.41) is 3.41. The Kier molecular flexibility index (Phi) is 4.48. The fraction of sp³-hybridized carbons (Fsp3) is 0.467. The Balaban J connectivity index is 2.23. The van der Waals surface area contributed by atoms with Crippen LogP contribution in [0.25, 0.3) is 0 Å². The second-order valence-corrected chi connectivity index (χ2v) is 6.14. The van der Waals surface area contributed by atoms with Gasteiger partial charge in [-0.2, -0.15) is 0 Å². The zero-order valence-electron chi connectivity index (χ0n) is 12.5. The van der Waals surface area contributed by atoms with E-state index in [9.17, 15) is 0 Å². The first kappa shape index (κ1) is 15.0. The number of aryl methyl sites for hydroxylation is 2. The maximum atomic E-state index is 5.58. The smallest absolute Gasteiger partial charge is 0.134 e. The minimum absolute atomic E-state index is 0.134. The van der Waals surface area contributed by atoms with E-state index in [2.05, 4.69) is 58.1 Å². The summed E-state index contributed by atoms with van der Waals surface area (Å²) in [6.45, 7) is 10.2. The molecule has 1 N–H and O–H groups in total. The van der Waals surface area contributed by atoms with Crippen LogP contribution in [0.1, 0.15) is 55.6 Å². The van der Waals surface area contributed by atoms with Crippen molar-refractivity contribution in [3.05, 3.63) is 39.6 Å². The van der Waals surface area contributed by atoms with Gasteiger partial charge >= 0.3 is 0 Å². The molecule has 5 heteroatoms. The zero-order chi connectivity index (χ0) is 14.9. The Morgan fingerprint density at radius 2 is 1.85 bits per heavy atom. The molecule has 1 unspecified atom stereocenters. The van der Waals surface area contributed by atoms with E-state index in [4.69, 9.17) is 4.42 Å². The van der Waals surface area contributed by atoms with Crippen LogP contribution in [-0.2, 0) is 0 Å². The van der Waals surface area contributed by atoms with E-state index in [0.29, 0.717) is 5.92 Å². The van der Waals surface area contributed by atoms with E-state index < -0.39 is 0 Å². The van der Waals surface area contributed by atoms with Gasteiger partial charge in [-0.25, -0.2) is 9.97 Å². The van der Waals surface area contributed by atoms with Crippen molar-refractivity contribution in [3.8, 4) is 0 Å². The summed E-state index contributed by atoms with van der Waals surface area (Å²) in [5.74, 6) is 3.81. The molecule has 0 bridgehead atoms. The van der Waals surface area contributed by atoms with Crippen LogP contribution in [0, 0.1) is 13.8 Å². The molecule has 20 heavy (non-hydrogen) atoms. The van der Waals surface area contributed by atoms with Crippen molar-refractivity contribution in [3.63, 3.8) is 0 Å². The van der Waals surface area contributed by atoms with Crippen molar-refractivity contribution in [1.29, 1.82) is 0 Å². The average molecular weight is 338 g/mol. The minimum atomic E-state index is 0.134. The van der Waals surface area contributed by atoms with Gasteiger partial charge in [0.15, 0.2) is 0 Å². The van der Waals surface area contributed by atoms with Crippen molar-refractivity contribution in [1.82, 2.24) is 9.97 Å². The van der Waals surface area contributed by atoms with Crippen LogP contribution in [0.15, 0.2) is 21.2 Å². The van der Waals surface area contributed by atoms with Crippen LogP contribution < -0.4 is 5.32 Å². The molecule has 0 aliphatic rings. The quantitative estimate of drug-likeness (QED) is 0.818. The Hall–Kier alpha value is -1.36.